The molecule has 118 valence electrons. The molecule has 0 fully saturated rings. The van der Waals surface area contributed by atoms with E-state index in [2.05, 4.69) is 23.3 Å². The van der Waals surface area contributed by atoms with Gasteiger partial charge in [0.1, 0.15) is 0 Å². The highest BCUT2D eigenvalue weighted by molar-refractivity contribution is 7.10. The standard InChI is InChI=1S/C18H18N2O2S/c1-11-3-4-15-14(9-11)17(21)18(22)20(15)10-19-7-5-16-13(12(19)2)6-8-23-16/h3-4,6,8-9,12H,5,7,10H2,1-2H3/t12-/m0/s1. The third-order valence-corrected chi connectivity index (χ3v) is 5.85. The monoisotopic (exact) mass is 326 g/mol. The quantitative estimate of drug-likeness (QED) is 0.796. The third-order valence-electron chi connectivity index (χ3n) is 4.85. The number of ketones is 1. The lowest BCUT2D eigenvalue weighted by atomic mass is 10.0. The topological polar surface area (TPSA) is 40.6 Å². The van der Waals surface area contributed by atoms with Crippen LogP contribution in [0.25, 0.3) is 0 Å². The molecule has 2 aromatic rings. The van der Waals surface area contributed by atoms with Crippen LogP contribution in [0.3, 0.4) is 0 Å². The molecule has 0 spiro atoms. The fourth-order valence-electron chi connectivity index (χ4n) is 3.49. The Bertz CT molecular complexity index is 811. The number of benzene rings is 1. The molecule has 5 heteroatoms. The Morgan fingerprint density at radius 2 is 2.09 bits per heavy atom. The summed E-state index contributed by atoms with van der Waals surface area (Å²) in [4.78, 5) is 30.0. The lowest BCUT2D eigenvalue weighted by Gasteiger charge is -2.36. The van der Waals surface area contributed by atoms with Gasteiger partial charge in [-0.05, 0) is 49.4 Å². The Kier molecular flexibility index (Phi) is 3.36. The van der Waals surface area contributed by atoms with Gasteiger partial charge in [-0.1, -0.05) is 11.6 Å². The zero-order chi connectivity index (χ0) is 16.1. The smallest absolute Gasteiger partial charge is 0.291 e. The SMILES string of the molecule is Cc1ccc2c(c1)C(=O)C(=O)N2CN1CCc2sccc2[C@@H]1C. The van der Waals surface area contributed by atoms with Gasteiger partial charge in [0, 0.05) is 17.5 Å². The van der Waals surface area contributed by atoms with Crippen LogP contribution in [0.5, 0.6) is 0 Å². The molecule has 0 bridgehead atoms. The summed E-state index contributed by atoms with van der Waals surface area (Å²) in [6.45, 7) is 5.49. The zero-order valence-electron chi connectivity index (χ0n) is 13.2. The van der Waals surface area contributed by atoms with E-state index in [0.29, 0.717) is 12.2 Å². The predicted octanol–water partition coefficient (Wildman–Crippen LogP) is 3.16. The Morgan fingerprint density at radius 1 is 1.26 bits per heavy atom. The van der Waals surface area contributed by atoms with Gasteiger partial charge in [-0.3, -0.25) is 19.4 Å². The van der Waals surface area contributed by atoms with E-state index in [1.54, 1.807) is 16.2 Å². The summed E-state index contributed by atoms with van der Waals surface area (Å²) in [5.74, 6) is -0.793. The zero-order valence-corrected chi connectivity index (χ0v) is 14.0. The van der Waals surface area contributed by atoms with Crippen molar-refractivity contribution >= 4 is 28.7 Å². The lowest BCUT2D eigenvalue weighted by molar-refractivity contribution is -0.114. The van der Waals surface area contributed by atoms with Gasteiger partial charge in [0.25, 0.3) is 5.78 Å². The van der Waals surface area contributed by atoms with Gasteiger partial charge >= 0.3 is 5.91 Å². The number of amides is 1. The summed E-state index contributed by atoms with van der Waals surface area (Å²) in [5, 5.41) is 2.13. The van der Waals surface area contributed by atoms with Gasteiger partial charge in [0.05, 0.1) is 17.9 Å². The highest BCUT2D eigenvalue weighted by Crippen LogP contribution is 2.35. The van der Waals surface area contributed by atoms with Gasteiger partial charge in [-0.15, -0.1) is 11.3 Å². The Morgan fingerprint density at radius 3 is 2.91 bits per heavy atom. The van der Waals surface area contributed by atoms with Crippen LogP contribution in [-0.4, -0.2) is 29.8 Å². The summed E-state index contributed by atoms with van der Waals surface area (Å²) >= 11 is 1.80. The average molecular weight is 326 g/mol. The van der Waals surface area contributed by atoms with Crippen molar-refractivity contribution in [2.24, 2.45) is 0 Å². The van der Waals surface area contributed by atoms with Gasteiger partial charge in [-0.25, -0.2) is 0 Å². The number of carbonyl (C=O) groups is 2. The van der Waals surface area contributed by atoms with Crippen molar-refractivity contribution < 1.29 is 9.59 Å². The van der Waals surface area contributed by atoms with Crippen molar-refractivity contribution in [1.82, 2.24) is 4.90 Å². The van der Waals surface area contributed by atoms with Gasteiger partial charge < -0.3 is 0 Å². The molecule has 1 atom stereocenters. The second-order valence-corrected chi connectivity index (χ2v) is 7.26. The summed E-state index contributed by atoms with van der Waals surface area (Å²) in [5.41, 5.74) is 3.63. The van der Waals surface area contributed by atoms with Crippen molar-refractivity contribution in [2.75, 3.05) is 18.1 Å². The minimum absolute atomic E-state index is 0.266. The van der Waals surface area contributed by atoms with E-state index < -0.39 is 5.91 Å². The van der Waals surface area contributed by atoms with Crippen LogP contribution >= 0.6 is 11.3 Å². The maximum absolute atomic E-state index is 12.4. The van der Waals surface area contributed by atoms with Gasteiger partial charge in [-0.2, -0.15) is 0 Å². The van der Waals surface area contributed by atoms with Crippen molar-refractivity contribution in [3.8, 4) is 0 Å². The van der Waals surface area contributed by atoms with Crippen LogP contribution in [0.4, 0.5) is 5.69 Å². The number of anilines is 1. The molecule has 0 aliphatic carbocycles. The first-order valence-corrected chi connectivity index (χ1v) is 8.71. The van der Waals surface area contributed by atoms with Crippen LogP contribution in [0.1, 0.15) is 39.3 Å². The number of aryl methyl sites for hydroxylation is 1. The second kappa shape index (κ2) is 5.28. The van der Waals surface area contributed by atoms with Crippen molar-refractivity contribution in [3.05, 3.63) is 51.2 Å². The molecule has 0 N–H and O–H groups in total. The molecule has 1 amide bonds. The summed E-state index contributed by atoms with van der Waals surface area (Å²) in [6, 6.07) is 8.09. The average Bonchev–Trinajstić information content (AvgIpc) is 3.10. The molecule has 4 rings (SSSR count). The predicted molar refractivity (Wildman–Crippen MR) is 91.0 cm³/mol. The number of hydrogen-bond acceptors (Lipinski definition) is 4. The highest BCUT2D eigenvalue weighted by atomic mass is 32.1. The Labute approximate surface area is 139 Å². The van der Waals surface area contributed by atoms with Crippen LogP contribution in [0.15, 0.2) is 29.6 Å². The Balaban J connectivity index is 1.63. The molecular weight excluding hydrogens is 308 g/mol. The van der Waals surface area contributed by atoms with E-state index >= 15 is 0 Å². The van der Waals surface area contributed by atoms with E-state index in [-0.39, 0.29) is 11.8 Å². The second-order valence-electron chi connectivity index (χ2n) is 6.26. The third kappa shape index (κ3) is 2.23. The minimum atomic E-state index is -0.408. The lowest BCUT2D eigenvalue weighted by Crippen LogP contribution is -2.44. The molecule has 0 saturated heterocycles. The number of carbonyl (C=O) groups excluding carboxylic acids is 2. The van der Waals surface area contributed by atoms with Crippen molar-refractivity contribution in [2.45, 2.75) is 26.3 Å². The van der Waals surface area contributed by atoms with Gasteiger partial charge in [0.2, 0.25) is 0 Å². The summed E-state index contributed by atoms with van der Waals surface area (Å²) in [7, 11) is 0. The first kappa shape index (κ1) is 14.6. The Hall–Kier alpha value is -1.98. The highest BCUT2D eigenvalue weighted by Gasteiger charge is 2.38. The molecule has 0 saturated carbocycles. The van der Waals surface area contributed by atoms with E-state index in [1.807, 2.05) is 25.1 Å². The molecule has 2 aliphatic rings. The first-order valence-electron chi connectivity index (χ1n) is 7.83. The molecule has 1 aromatic carbocycles. The summed E-state index contributed by atoms with van der Waals surface area (Å²) in [6.07, 6.45) is 1.01. The molecule has 23 heavy (non-hydrogen) atoms. The molecule has 0 radical (unpaired) electrons. The number of thiophene rings is 1. The van der Waals surface area contributed by atoms with Crippen molar-refractivity contribution in [3.63, 3.8) is 0 Å². The van der Waals surface area contributed by atoms with Crippen LogP contribution in [0.2, 0.25) is 0 Å². The molecule has 2 aliphatic heterocycles. The van der Waals surface area contributed by atoms with E-state index in [9.17, 15) is 9.59 Å². The molecule has 3 heterocycles. The van der Waals surface area contributed by atoms with Crippen LogP contribution in [0, 0.1) is 6.92 Å². The normalized spacial score (nSPS) is 20.8. The maximum atomic E-state index is 12.4. The van der Waals surface area contributed by atoms with E-state index in [1.165, 1.54) is 10.4 Å². The maximum Gasteiger partial charge on any atom is 0.300 e. The molecule has 4 nitrogen and oxygen atoms in total. The number of fused-ring (bicyclic) bond motifs is 2. The summed E-state index contributed by atoms with van der Waals surface area (Å²) < 4.78 is 0. The molecule has 0 unspecified atom stereocenters. The fourth-order valence-corrected chi connectivity index (χ4v) is 4.45. The molecule has 1 aromatic heterocycles. The van der Waals surface area contributed by atoms with E-state index in [0.717, 1.165) is 24.2 Å². The number of nitrogens with zero attached hydrogens (tertiary/aromatic N) is 2. The van der Waals surface area contributed by atoms with Crippen molar-refractivity contribution in [1.29, 1.82) is 0 Å². The van der Waals surface area contributed by atoms with Crippen LogP contribution < -0.4 is 4.90 Å². The largest absolute Gasteiger partial charge is 0.300 e. The fraction of sp³-hybridized carbons (Fsp3) is 0.333. The van der Waals surface area contributed by atoms with Gasteiger partial charge in [0.15, 0.2) is 0 Å². The number of hydrogen-bond donors (Lipinski definition) is 0. The minimum Gasteiger partial charge on any atom is -0.291 e. The number of Topliss-reactive ketones (excluding diaryl/α,β-unsaturated/α-hetero) is 1. The number of rotatable bonds is 2. The first-order chi connectivity index (χ1) is 11.1. The van der Waals surface area contributed by atoms with Crippen LogP contribution in [-0.2, 0) is 11.2 Å². The van der Waals surface area contributed by atoms with E-state index in [4.69, 9.17) is 0 Å². The molecular formula is C18H18N2O2S.